The van der Waals surface area contributed by atoms with Gasteiger partial charge >= 0.3 is 41.5 Å². The second kappa shape index (κ2) is 13.5. The van der Waals surface area contributed by atoms with Gasteiger partial charge in [-0.3, -0.25) is 4.79 Å². The molecule has 1 atom stereocenters. The van der Waals surface area contributed by atoms with E-state index in [2.05, 4.69) is 11.7 Å². The van der Waals surface area contributed by atoms with Crippen LogP contribution in [0.25, 0.3) is 0 Å². The quantitative estimate of drug-likeness (QED) is 0.268. The normalized spacial score (nSPS) is 11.5. The number of esters is 2. The number of rotatable bonds is 9. The summed E-state index contributed by atoms with van der Waals surface area (Å²) < 4.78 is 4.55. The number of unbranched alkanes of at least 4 members (excludes halogenated alkanes) is 6. The molecule has 0 saturated carbocycles. The van der Waals surface area contributed by atoms with Gasteiger partial charge in [-0.25, -0.2) is 4.79 Å². The largest absolute Gasteiger partial charge is 1.00 e. The zero-order valence-electron chi connectivity index (χ0n) is 13.0. The van der Waals surface area contributed by atoms with E-state index in [-0.39, 0.29) is 31.0 Å². The summed E-state index contributed by atoms with van der Waals surface area (Å²) >= 11 is 0. The van der Waals surface area contributed by atoms with Crippen LogP contribution in [0.4, 0.5) is 0 Å². The Balaban J connectivity index is -0.00000128. The molecule has 0 fully saturated rings. The smallest absolute Gasteiger partial charge is 1.00 e. The molecule has 0 aliphatic heterocycles. The second-order valence-corrected chi connectivity index (χ2v) is 4.45. The Hall–Kier alpha value is 0.1000. The van der Waals surface area contributed by atoms with Crippen LogP contribution in [0.5, 0.6) is 0 Å². The van der Waals surface area contributed by atoms with E-state index < -0.39 is 18.0 Å². The summed E-state index contributed by atoms with van der Waals surface area (Å²) in [6.45, 7) is 3.69. The molecular formula is C13H26NNaO3. The van der Waals surface area contributed by atoms with Crippen LogP contribution in [0.3, 0.4) is 0 Å². The summed E-state index contributed by atoms with van der Waals surface area (Å²) in [5, 5.41) is 0. The van der Waals surface area contributed by atoms with E-state index in [1.807, 2.05) is 0 Å². The first kappa shape index (κ1) is 20.4. The zero-order chi connectivity index (χ0) is 13.1. The van der Waals surface area contributed by atoms with E-state index in [0.717, 1.165) is 19.3 Å². The van der Waals surface area contributed by atoms with Crippen LogP contribution >= 0.6 is 0 Å². The molecule has 18 heavy (non-hydrogen) atoms. The minimum Gasteiger partial charge on any atom is -1.00 e. The minimum absolute atomic E-state index is 0. The summed E-state index contributed by atoms with van der Waals surface area (Å²) in [4.78, 5) is 22.2. The number of hydrogen-bond acceptors (Lipinski definition) is 4. The first-order valence-corrected chi connectivity index (χ1v) is 6.58. The Morgan fingerprint density at radius 2 is 1.61 bits per heavy atom. The van der Waals surface area contributed by atoms with Gasteiger partial charge in [0.2, 0.25) is 0 Å². The van der Waals surface area contributed by atoms with Gasteiger partial charge in [-0.05, 0) is 13.3 Å². The van der Waals surface area contributed by atoms with Gasteiger partial charge in [0.1, 0.15) is 6.04 Å². The van der Waals surface area contributed by atoms with Crippen molar-refractivity contribution in [2.75, 3.05) is 0 Å². The van der Waals surface area contributed by atoms with Gasteiger partial charge in [-0.15, -0.1) is 0 Å². The van der Waals surface area contributed by atoms with Crippen molar-refractivity contribution < 1.29 is 45.3 Å². The van der Waals surface area contributed by atoms with Gasteiger partial charge in [0.05, 0.1) is 0 Å². The van der Waals surface area contributed by atoms with Gasteiger partial charge in [-0.2, -0.15) is 0 Å². The maximum absolute atomic E-state index is 11.2. The molecule has 0 amide bonds. The molecule has 102 valence electrons. The summed E-state index contributed by atoms with van der Waals surface area (Å²) in [7, 11) is 0. The van der Waals surface area contributed by atoms with Crippen LogP contribution < -0.4 is 35.3 Å². The van der Waals surface area contributed by atoms with Crippen LogP contribution in [0.2, 0.25) is 0 Å². The average molecular weight is 267 g/mol. The van der Waals surface area contributed by atoms with Gasteiger partial charge in [0.15, 0.2) is 0 Å². The molecule has 0 heterocycles. The van der Waals surface area contributed by atoms with Gasteiger partial charge in [0.25, 0.3) is 0 Å². The number of carbonyl (C=O) groups is 2. The van der Waals surface area contributed by atoms with Crippen molar-refractivity contribution in [2.24, 2.45) is 5.73 Å². The molecular weight excluding hydrogens is 241 g/mol. The molecule has 0 radical (unpaired) electrons. The first-order chi connectivity index (χ1) is 8.07. The standard InChI is InChI=1S/C13H25NO3.Na.H/c1-3-4-5-6-7-8-9-10-12(15)17-13(16)11(2)14;;/h11H,3-10,14H2,1-2H3;;/q;+1;-1/t11-;;/m0../s1. The van der Waals surface area contributed by atoms with Crippen LogP contribution in [0.1, 0.15) is 66.6 Å². The predicted molar refractivity (Wildman–Crippen MR) is 68.5 cm³/mol. The molecule has 2 N–H and O–H groups in total. The minimum atomic E-state index is -0.729. The summed E-state index contributed by atoms with van der Waals surface area (Å²) in [6, 6.07) is -0.729. The van der Waals surface area contributed by atoms with E-state index in [0.29, 0.717) is 6.42 Å². The molecule has 0 bridgehead atoms. The first-order valence-electron chi connectivity index (χ1n) is 6.58. The van der Waals surface area contributed by atoms with Gasteiger partial charge in [-0.1, -0.05) is 45.4 Å². The summed E-state index contributed by atoms with van der Waals surface area (Å²) in [5.74, 6) is -1.10. The van der Waals surface area contributed by atoms with Crippen LogP contribution in [0, 0.1) is 0 Å². The van der Waals surface area contributed by atoms with Crippen molar-refractivity contribution in [1.82, 2.24) is 0 Å². The second-order valence-electron chi connectivity index (χ2n) is 4.45. The third-order valence-electron chi connectivity index (χ3n) is 2.57. The Morgan fingerprint density at radius 3 is 2.11 bits per heavy atom. The maximum Gasteiger partial charge on any atom is 1.00 e. The van der Waals surface area contributed by atoms with Crippen molar-refractivity contribution in [3.8, 4) is 0 Å². The third kappa shape index (κ3) is 12.6. The van der Waals surface area contributed by atoms with Crippen molar-refractivity contribution in [1.29, 1.82) is 0 Å². The van der Waals surface area contributed by atoms with E-state index in [4.69, 9.17) is 5.73 Å². The van der Waals surface area contributed by atoms with Crippen LogP contribution in [-0.4, -0.2) is 18.0 Å². The molecule has 0 aliphatic rings. The topological polar surface area (TPSA) is 69.4 Å². The SMILES string of the molecule is CCCCCCCCCC(=O)OC(=O)[C@H](C)N.[H-].[Na+]. The number of hydrogen-bond donors (Lipinski definition) is 1. The maximum atomic E-state index is 11.2. The summed E-state index contributed by atoms with van der Waals surface area (Å²) in [6.07, 6.45) is 8.28. The van der Waals surface area contributed by atoms with Crippen molar-refractivity contribution in [2.45, 2.75) is 71.3 Å². The molecule has 0 spiro atoms. The zero-order valence-corrected chi connectivity index (χ0v) is 14.0. The molecule has 0 aromatic carbocycles. The van der Waals surface area contributed by atoms with E-state index in [9.17, 15) is 9.59 Å². The molecule has 0 aliphatic carbocycles. The number of nitrogens with two attached hydrogens (primary N) is 1. The Labute approximate surface area is 134 Å². The Morgan fingerprint density at radius 1 is 1.11 bits per heavy atom. The van der Waals surface area contributed by atoms with Crippen molar-refractivity contribution >= 4 is 11.9 Å². The Kier molecular flexibility index (Phi) is 15.3. The molecule has 0 saturated heterocycles. The summed E-state index contributed by atoms with van der Waals surface area (Å²) in [5.41, 5.74) is 5.28. The van der Waals surface area contributed by atoms with E-state index in [1.165, 1.54) is 32.6 Å². The number of ether oxygens (including phenoxy) is 1. The van der Waals surface area contributed by atoms with E-state index in [1.54, 1.807) is 0 Å². The van der Waals surface area contributed by atoms with Crippen molar-refractivity contribution in [3.63, 3.8) is 0 Å². The van der Waals surface area contributed by atoms with Gasteiger partial charge < -0.3 is 11.9 Å². The molecule has 0 unspecified atom stereocenters. The fraction of sp³-hybridized carbons (Fsp3) is 0.846. The average Bonchev–Trinajstić information content (AvgIpc) is 2.27. The molecule has 0 aromatic rings. The number of carbonyl (C=O) groups excluding carboxylic acids is 2. The van der Waals surface area contributed by atoms with Crippen LogP contribution in [-0.2, 0) is 14.3 Å². The molecule has 4 nitrogen and oxygen atoms in total. The molecule has 0 rings (SSSR count). The fourth-order valence-corrected chi connectivity index (χ4v) is 1.48. The molecule has 0 aromatic heterocycles. The van der Waals surface area contributed by atoms with Crippen LogP contribution in [0.15, 0.2) is 0 Å². The monoisotopic (exact) mass is 267 g/mol. The third-order valence-corrected chi connectivity index (χ3v) is 2.57. The Bertz CT molecular complexity index is 238. The van der Waals surface area contributed by atoms with Gasteiger partial charge in [0, 0.05) is 6.42 Å². The predicted octanol–water partition coefficient (Wildman–Crippen LogP) is -0.339. The van der Waals surface area contributed by atoms with Crippen molar-refractivity contribution in [3.05, 3.63) is 0 Å². The fourth-order valence-electron chi connectivity index (χ4n) is 1.48. The molecule has 5 heteroatoms. The van der Waals surface area contributed by atoms with E-state index >= 15 is 0 Å².